The molecule has 8 atom stereocenters. The summed E-state index contributed by atoms with van der Waals surface area (Å²) >= 11 is 0. The summed E-state index contributed by atoms with van der Waals surface area (Å²) in [5, 5.41) is 3.50. The Bertz CT molecular complexity index is 1290. The third kappa shape index (κ3) is 6.40. The molecule has 0 radical (unpaired) electrons. The third-order valence-electron chi connectivity index (χ3n) is 15.0. The number of hydrogen-bond donors (Lipinski definition) is 1. The lowest BCUT2D eigenvalue weighted by molar-refractivity contribution is -0.123. The van der Waals surface area contributed by atoms with Crippen molar-refractivity contribution in [1.82, 2.24) is 9.80 Å². The minimum Gasteiger partial charge on any atom is -1.00 e. The fourth-order valence-corrected chi connectivity index (χ4v) is 12.5. The van der Waals surface area contributed by atoms with Crippen molar-refractivity contribution < 1.29 is 21.8 Å². The Balaban J connectivity index is 0.00000372. The number of benzene rings is 2. The molecular weight excluding hydrogens is 628 g/mol. The van der Waals surface area contributed by atoms with Crippen LogP contribution < -0.4 is 26.8 Å². The Morgan fingerprint density at radius 2 is 1.50 bits per heavy atom. The number of likely N-dealkylation sites (tertiary alicyclic amines) is 1. The number of piperidine rings is 1. The Labute approximate surface area is 291 Å². The minimum absolute atomic E-state index is 0. The Morgan fingerprint density at radius 3 is 2.24 bits per heavy atom. The molecule has 252 valence electrons. The number of hydrogen-bond acceptors (Lipinski definition) is 1. The standard InChI is InChI=1S/C42H60N2O.BrH/c1-31(37-20-21-38-36-19-18-33-14-10-11-26-41(33,2)39(36)23-27-42(37,38)3)17-22-40(45)43-34-24-28-44(29-25-34,35-15-8-5-9-16-35)30-32-12-6-4-7-13-32;/h4-9,12-13,15-16,31,33-34,36-39H,10-11,14,17-30H2,1-3H3;1H/t31?,33?,34?,36-,37+,38-,39-,41-,42+,44?;/m0./s1. The Hall–Kier alpha value is -1.65. The largest absolute Gasteiger partial charge is 1.00 e. The zero-order chi connectivity index (χ0) is 31.1. The van der Waals surface area contributed by atoms with Crippen LogP contribution in [-0.4, -0.2) is 25.0 Å². The first kappa shape index (κ1) is 34.2. The van der Waals surface area contributed by atoms with Crippen LogP contribution in [-0.2, 0) is 11.3 Å². The van der Waals surface area contributed by atoms with Gasteiger partial charge in [0, 0.05) is 30.9 Å². The average Bonchev–Trinajstić information content (AvgIpc) is 3.42. The predicted molar refractivity (Wildman–Crippen MR) is 188 cm³/mol. The van der Waals surface area contributed by atoms with E-state index in [9.17, 15) is 4.79 Å². The van der Waals surface area contributed by atoms with Gasteiger partial charge in [0.1, 0.15) is 12.2 Å². The van der Waals surface area contributed by atoms with Gasteiger partial charge >= 0.3 is 0 Å². The predicted octanol–water partition coefficient (Wildman–Crippen LogP) is 6.94. The van der Waals surface area contributed by atoms with Crippen LogP contribution in [0.15, 0.2) is 60.7 Å². The number of nitrogens with zero attached hydrogens (tertiary/aromatic N) is 1. The number of nitrogens with one attached hydrogen (secondary N) is 1. The van der Waals surface area contributed by atoms with E-state index in [-0.39, 0.29) is 17.0 Å². The van der Waals surface area contributed by atoms with Gasteiger partial charge in [-0.2, -0.15) is 0 Å². The van der Waals surface area contributed by atoms with E-state index in [1.807, 2.05) is 0 Å². The molecule has 0 spiro atoms. The molecule has 1 N–H and O–H groups in total. The molecule has 1 aliphatic heterocycles. The molecule has 0 bridgehead atoms. The van der Waals surface area contributed by atoms with Gasteiger partial charge < -0.3 is 22.3 Å². The van der Waals surface area contributed by atoms with Crippen molar-refractivity contribution in [2.75, 3.05) is 13.1 Å². The van der Waals surface area contributed by atoms with Gasteiger partial charge in [-0.25, -0.2) is 0 Å². The molecule has 7 rings (SSSR count). The van der Waals surface area contributed by atoms with E-state index in [1.165, 1.54) is 75.5 Å². The highest BCUT2D eigenvalue weighted by Crippen LogP contribution is 2.68. The summed E-state index contributed by atoms with van der Waals surface area (Å²) in [7, 11) is 0. The summed E-state index contributed by atoms with van der Waals surface area (Å²) in [4.78, 5) is 13.4. The SMILES string of the molecule is CC(CCC(=O)NC1CC[N+](Cc2ccccc2)(c2ccccc2)CC1)[C@H]1CC[C@H]2[C@@H]3CCC4CCCC[C@]4(C)[C@H]3CC[C@]12C.[Br-]. The number of para-hydroxylation sites is 1. The van der Waals surface area contributed by atoms with E-state index in [0.29, 0.717) is 35.1 Å². The van der Waals surface area contributed by atoms with Gasteiger partial charge in [0.15, 0.2) is 0 Å². The number of carbonyl (C=O) groups excluding carboxylic acids is 1. The van der Waals surface area contributed by atoms with Crippen molar-refractivity contribution >= 4 is 11.6 Å². The summed E-state index contributed by atoms with van der Waals surface area (Å²) in [6.45, 7) is 11.1. The van der Waals surface area contributed by atoms with Crippen molar-refractivity contribution in [3.63, 3.8) is 0 Å². The van der Waals surface area contributed by atoms with Crippen LogP contribution in [0, 0.1) is 46.3 Å². The van der Waals surface area contributed by atoms with Crippen molar-refractivity contribution in [1.29, 1.82) is 0 Å². The molecule has 5 aliphatic rings. The number of amides is 1. The third-order valence-corrected chi connectivity index (χ3v) is 15.0. The van der Waals surface area contributed by atoms with Crippen molar-refractivity contribution in [3.8, 4) is 0 Å². The van der Waals surface area contributed by atoms with Gasteiger partial charge in [-0.05, 0) is 116 Å². The quantitative estimate of drug-likeness (QED) is 0.299. The molecule has 0 aromatic heterocycles. The number of quaternary nitrogens is 1. The zero-order valence-electron chi connectivity index (χ0n) is 29.1. The highest BCUT2D eigenvalue weighted by Gasteiger charge is 2.60. The van der Waals surface area contributed by atoms with Gasteiger partial charge in [-0.1, -0.05) is 82.1 Å². The van der Waals surface area contributed by atoms with Crippen LogP contribution >= 0.6 is 0 Å². The van der Waals surface area contributed by atoms with Gasteiger partial charge in [-0.3, -0.25) is 9.28 Å². The molecule has 1 amide bonds. The Kier molecular flexibility index (Phi) is 10.5. The summed E-state index contributed by atoms with van der Waals surface area (Å²) in [5.41, 5.74) is 3.92. The molecule has 2 aromatic carbocycles. The topological polar surface area (TPSA) is 29.1 Å². The van der Waals surface area contributed by atoms with Crippen molar-refractivity contribution in [3.05, 3.63) is 66.2 Å². The van der Waals surface area contributed by atoms with Gasteiger partial charge in [0.25, 0.3) is 0 Å². The molecule has 4 saturated carbocycles. The molecule has 1 saturated heterocycles. The fraction of sp³-hybridized carbons (Fsp3) is 0.690. The Morgan fingerprint density at radius 1 is 0.804 bits per heavy atom. The first-order chi connectivity index (χ1) is 21.8. The van der Waals surface area contributed by atoms with Crippen LogP contribution in [0.5, 0.6) is 0 Å². The van der Waals surface area contributed by atoms with E-state index in [2.05, 4.69) is 86.8 Å². The minimum atomic E-state index is 0. The van der Waals surface area contributed by atoms with Gasteiger partial charge in [-0.15, -0.1) is 0 Å². The lowest BCUT2D eigenvalue weighted by atomic mass is 9.44. The lowest BCUT2D eigenvalue weighted by Crippen LogP contribution is -3.00. The first-order valence-corrected chi connectivity index (χ1v) is 19.1. The molecular formula is C42H61BrN2O. The maximum Gasteiger partial charge on any atom is 0.220 e. The van der Waals surface area contributed by atoms with Crippen LogP contribution in [0.4, 0.5) is 5.69 Å². The first-order valence-electron chi connectivity index (χ1n) is 19.1. The summed E-state index contributed by atoms with van der Waals surface area (Å²) in [6, 6.07) is 22.3. The van der Waals surface area contributed by atoms with E-state index in [0.717, 1.165) is 73.0 Å². The molecule has 1 heterocycles. The second-order valence-corrected chi connectivity index (χ2v) is 17.1. The van der Waals surface area contributed by atoms with E-state index in [1.54, 1.807) is 0 Å². The number of halogens is 1. The monoisotopic (exact) mass is 688 g/mol. The smallest absolute Gasteiger partial charge is 0.220 e. The van der Waals surface area contributed by atoms with Crippen LogP contribution in [0.25, 0.3) is 0 Å². The summed E-state index contributed by atoms with van der Waals surface area (Å²) in [6.07, 6.45) is 18.6. The molecule has 2 unspecified atom stereocenters. The highest BCUT2D eigenvalue weighted by atomic mass is 79.9. The molecule has 2 aromatic rings. The average molecular weight is 690 g/mol. The van der Waals surface area contributed by atoms with E-state index >= 15 is 0 Å². The van der Waals surface area contributed by atoms with E-state index in [4.69, 9.17) is 0 Å². The van der Waals surface area contributed by atoms with Crippen molar-refractivity contribution in [2.45, 2.75) is 123 Å². The number of fused-ring (bicyclic) bond motifs is 5. The molecule has 4 heteroatoms. The van der Waals surface area contributed by atoms with Crippen LogP contribution in [0.1, 0.15) is 116 Å². The number of carbonyl (C=O) groups is 1. The highest BCUT2D eigenvalue weighted by molar-refractivity contribution is 5.76. The lowest BCUT2D eigenvalue weighted by Gasteiger charge is -2.61. The van der Waals surface area contributed by atoms with Crippen LogP contribution in [0.2, 0.25) is 0 Å². The van der Waals surface area contributed by atoms with Crippen molar-refractivity contribution in [2.24, 2.45) is 46.3 Å². The molecule has 5 fully saturated rings. The van der Waals surface area contributed by atoms with Gasteiger partial charge in [0.05, 0.1) is 13.1 Å². The summed E-state index contributed by atoms with van der Waals surface area (Å²) < 4.78 is 0.983. The number of rotatable bonds is 8. The maximum atomic E-state index is 13.4. The summed E-state index contributed by atoms with van der Waals surface area (Å²) in [5.74, 6) is 5.62. The molecule has 3 nitrogen and oxygen atoms in total. The fourth-order valence-electron chi connectivity index (χ4n) is 12.5. The maximum absolute atomic E-state index is 13.4. The molecule has 4 aliphatic carbocycles. The second-order valence-electron chi connectivity index (χ2n) is 17.1. The van der Waals surface area contributed by atoms with Gasteiger partial charge in [0.2, 0.25) is 5.91 Å². The zero-order valence-corrected chi connectivity index (χ0v) is 30.7. The van der Waals surface area contributed by atoms with Crippen LogP contribution in [0.3, 0.4) is 0 Å². The normalized spacial score (nSPS) is 39.2. The second kappa shape index (κ2) is 14.1. The van der Waals surface area contributed by atoms with E-state index < -0.39 is 0 Å². The molecule has 46 heavy (non-hydrogen) atoms.